The summed E-state index contributed by atoms with van der Waals surface area (Å²) in [6, 6.07) is 16.2. The molecule has 0 saturated heterocycles. The highest BCUT2D eigenvalue weighted by Gasteiger charge is 2.08. The Balaban J connectivity index is 1.88. The van der Waals surface area contributed by atoms with Gasteiger partial charge >= 0.3 is 0 Å². The number of halogens is 1. The van der Waals surface area contributed by atoms with Crippen LogP contribution in [0.2, 0.25) is 0 Å². The van der Waals surface area contributed by atoms with Crippen molar-refractivity contribution in [1.82, 2.24) is 0 Å². The van der Waals surface area contributed by atoms with Crippen LogP contribution in [0.5, 0.6) is 5.75 Å². The van der Waals surface area contributed by atoms with E-state index < -0.39 is 0 Å². The first kappa shape index (κ1) is 15.1. The van der Waals surface area contributed by atoms with Crippen molar-refractivity contribution in [3.8, 4) is 5.75 Å². The van der Waals surface area contributed by atoms with Gasteiger partial charge in [-0.1, -0.05) is 36.4 Å². The molecule has 20 heavy (non-hydrogen) atoms. The molecule has 3 heteroatoms. The summed E-state index contributed by atoms with van der Waals surface area (Å²) in [5.74, 6) is 0.813. The van der Waals surface area contributed by atoms with Gasteiger partial charge in [-0.2, -0.15) is 0 Å². The summed E-state index contributed by atoms with van der Waals surface area (Å²) in [7, 11) is 1.65. The first-order valence-electron chi connectivity index (χ1n) is 6.73. The van der Waals surface area contributed by atoms with Crippen molar-refractivity contribution in [3.63, 3.8) is 0 Å². The smallest absolute Gasteiger partial charge is 0.133 e. The van der Waals surface area contributed by atoms with E-state index in [0.717, 1.165) is 28.6 Å². The summed E-state index contributed by atoms with van der Waals surface area (Å²) < 4.78 is 6.12. The van der Waals surface area contributed by atoms with Gasteiger partial charge in [-0.25, -0.2) is 0 Å². The predicted octanol–water partition coefficient (Wildman–Crippen LogP) is 3.99. The number of methoxy groups -OCH3 is 1. The SMILES string of the molecule is COc1ccc(CC(O)CCc2ccccc2)cc1Br. The summed E-state index contributed by atoms with van der Waals surface area (Å²) in [6.07, 6.45) is 2.01. The van der Waals surface area contributed by atoms with Crippen LogP contribution in [0.4, 0.5) is 0 Å². The molecule has 1 unspecified atom stereocenters. The molecule has 0 radical (unpaired) electrons. The zero-order chi connectivity index (χ0) is 14.4. The molecule has 0 aliphatic heterocycles. The number of aryl methyl sites for hydroxylation is 1. The van der Waals surface area contributed by atoms with Crippen LogP contribution in [-0.4, -0.2) is 18.3 Å². The number of rotatable bonds is 6. The van der Waals surface area contributed by atoms with Gasteiger partial charge in [0.2, 0.25) is 0 Å². The van der Waals surface area contributed by atoms with E-state index in [1.807, 2.05) is 36.4 Å². The van der Waals surface area contributed by atoms with Gasteiger partial charge < -0.3 is 9.84 Å². The minimum atomic E-state index is -0.324. The van der Waals surface area contributed by atoms with Crippen molar-refractivity contribution in [2.45, 2.75) is 25.4 Å². The van der Waals surface area contributed by atoms with Gasteiger partial charge in [-0.05, 0) is 58.5 Å². The number of benzene rings is 2. The molecule has 106 valence electrons. The Morgan fingerprint density at radius 1 is 1.10 bits per heavy atom. The van der Waals surface area contributed by atoms with E-state index in [-0.39, 0.29) is 6.10 Å². The third kappa shape index (κ3) is 4.36. The van der Waals surface area contributed by atoms with Crippen LogP contribution in [-0.2, 0) is 12.8 Å². The Morgan fingerprint density at radius 2 is 1.85 bits per heavy atom. The van der Waals surface area contributed by atoms with Crippen LogP contribution >= 0.6 is 15.9 Å². The third-order valence-electron chi connectivity index (χ3n) is 3.30. The lowest BCUT2D eigenvalue weighted by Crippen LogP contribution is -2.11. The lowest BCUT2D eigenvalue weighted by Gasteiger charge is -2.12. The standard InChI is InChI=1S/C17H19BrO2/c1-20-17-10-8-14(12-16(17)18)11-15(19)9-7-13-5-3-2-4-6-13/h2-6,8,10,12,15,19H,7,9,11H2,1H3. The van der Waals surface area contributed by atoms with Crippen molar-refractivity contribution in [3.05, 3.63) is 64.1 Å². The quantitative estimate of drug-likeness (QED) is 0.865. The fraction of sp³-hybridized carbons (Fsp3) is 0.294. The maximum atomic E-state index is 10.1. The molecule has 0 fully saturated rings. The minimum absolute atomic E-state index is 0.324. The van der Waals surface area contributed by atoms with Crippen molar-refractivity contribution in [2.75, 3.05) is 7.11 Å². The van der Waals surface area contributed by atoms with Crippen LogP contribution in [0, 0.1) is 0 Å². The topological polar surface area (TPSA) is 29.5 Å². The molecule has 0 amide bonds. The lowest BCUT2D eigenvalue weighted by atomic mass is 10.0. The molecule has 1 atom stereocenters. The van der Waals surface area contributed by atoms with E-state index in [1.165, 1.54) is 5.56 Å². The Labute approximate surface area is 128 Å². The van der Waals surface area contributed by atoms with E-state index >= 15 is 0 Å². The summed E-state index contributed by atoms with van der Waals surface area (Å²) in [5, 5.41) is 10.1. The van der Waals surface area contributed by atoms with E-state index in [9.17, 15) is 5.11 Å². The number of hydrogen-bond donors (Lipinski definition) is 1. The zero-order valence-corrected chi connectivity index (χ0v) is 13.1. The van der Waals surface area contributed by atoms with Gasteiger partial charge in [0.25, 0.3) is 0 Å². The maximum Gasteiger partial charge on any atom is 0.133 e. The summed E-state index contributed by atoms with van der Waals surface area (Å²) in [4.78, 5) is 0. The molecule has 0 aromatic heterocycles. The monoisotopic (exact) mass is 334 g/mol. The first-order valence-corrected chi connectivity index (χ1v) is 7.52. The molecule has 2 rings (SSSR count). The Morgan fingerprint density at radius 3 is 2.50 bits per heavy atom. The summed E-state index contributed by atoms with van der Waals surface area (Å²) in [5.41, 5.74) is 2.38. The van der Waals surface area contributed by atoms with Crippen LogP contribution in [0.25, 0.3) is 0 Å². The Bertz CT molecular complexity index is 540. The van der Waals surface area contributed by atoms with Crippen LogP contribution in [0.15, 0.2) is 53.0 Å². The molecule has 2 nitrogen and oxygen atoms in total. The van der Waals surface area contributed by atoms with Gasteiger partial charge in [-0.3, -0.25) is 0 Å². The van der Waals surface area contributed by atoms with Gasteiger partial charge in [0.1, 0.15) is 5.75 Å². The van der Waals surface area contributed by atoms with E-state index in [0.29, 0.717) is 6.42 Å². The number of hydrogen-bond acceptors (Lipinski definition) is 2. The molecule has 0 aliphatic rings. The number of ether oxygens (including phenoxy) is 1. The fourth-order valence-electron chi connectivity index (χ4n) is 2.19. The van der Waals surface area contributed by atoms with Gasteiger partial charge in [0, 0.05) is 0 Å². The normalized spacial score (nSPS) is 12.2. The van der Waals surface area contributed by atoms with Crippen molar-refractivity contribution >= 4 is 15.9 Å². The Kier molecular flexibility index (Phi) is 5.62. The third-order valence-corrected chi connectivity index (χ3v) is 3.92. The predicted molar refractivity (Wildman–Crippen MR) is 85.2 cm³/mol. The molecule has 0 aliphatic carbocycles. The number of aliphatic hydroxyl groups excluding tert-OH is 1. The second kappa shape index (κ2) is 7.46. The molecule has 0 heterocycles. The van der Waals surface area contributed by atoms with E-state index in [2.05, 4.69) is 28.1 Å². The molecule has 2 aromatic carbocycles. The first-order chi connectivity index (χ1) is 9.69. The second-order valence-electron chi connectivity index (χ2n) is 4.85. The fourth-order valence-corrected chi connectivity index (χ4v) is 2.78. The minimum Gasteiger partial charge on any atom is -0.496 e. The van der Waals surface area contributed by atoms with Crippen LogP contribution < -0.4 is 4.74 Å². The van der Waals surface area contributed by atoms with Gasteiger partial charge in [0.15, 0.2) is 0 Å². The highest BCUT2D eigenvalue weighted by molar-refractivity contribution is 9.10. The Hall–Kier alpha value is -1.32. The van der Waals surface area contributed by atoms with E-state index in [4.69, 9.17) is 4.74 Å². The molecule has 0 bridgehead atoms. The van der Waals surface area contributed by atoms with Crippen molar-refractivity contribution < 1.29 is 9.84 Å². The highest BCUT2D eigenvalue weighted by atomic mass is 79.9. The van der Waals surface area contributed by atoms with Crippen LogP contribution in [0.1, 0.15) is 17.5 Å². The second-order valence-corrected chi connectivity index (χ2v) is 5.71. The van der Waals surface area contributed by atoms with Crippen molar-refractivity contribution in [2.24, 2.45) is 0 Å². The van der Waals surface area contributed by atoms with Gasteiger partial charge in [0.05, 0.1) is 17.7 Å². The molecule has 0 saturated carbocycles. The molecule has 2 aromatic rings. The number of aliphatic hydroxyl groups is 1. The molecule has 0 spiro atoms. The average Bonchev–Trinajstić information content (AvgIpc) is 2.46. The van der Waals surface area contributed by atoms with E-state index in [1.54, 1.807) is 7.11 Å². The van der Waals surface area contributed by atoms with Gasteiger partial charge in [-0.15, -0.1) is 0 Å². The summed E-state index contributed by atoms with van der Waals surface area (Å²) >= 11 is 3.47. The molecular weight excluding hydrogens is 316 g/mol. The van der Waals surface area contributed by atoms with Crippen LogP contribution in [0.3, 0.4) is 0 Å². The average molecular weight is 335 g/mol. The molecule has 1 N–H and O–H groups in total. The highest BCUT2D eigenvalue weighted by Crippen LogP contribution is 2.26. The summed E-state index contributed by atoms with van der Waals surface area (Å²) in [6.45, 7) is 0. The molecular formula is C17H19BrO2. The maximum absolute atomic E-state index is 10.1. The lowest BCUT2D eigenvalue weighted by molar-refractivity contribution is 0.165. The van der Waals surface area contributed by atoms with Crippen molar-refractivity contribution in [1.29, 1.82) is 0 Å². The largest absolute Gasteiger partial charge is 0.496 e. The zero-order valence-electron chi connectivity index (χ0n) is 11.6.